The normalized spacial score (nSPS) is 14.5. The van der Waals surface area contributed by atoms with E-state index in [-0.39, 0.29) is 32.2 Å². The van der Waals surface area contributed by atoms with Gasteiger partial charge in [0.15, 0.2) is 0 Å². The van der Waals surface area contributed by atoms with E-state index in [1.807, 2.05) is 21.1 Å². The van der Waals surface area contributed by atoms with Crippen molar-refractivity contribution < 1.29 is 37.3 Å². The van der Waals surface area contributed by atoms with Gasteiger partial charge in [-0.15, -0.1) is 0 Å². The summed E-state index contributed by atoms with van der Waals surface area (Å²) in [6.45, 7) is 5.18. The third-order valence-electron chi connectivity index (χ3n) is 9.43. The minimum absolute atomic E-state index is 0.0111. The Balaban J connectivity index is 4.28. The molecule has 0 aromatic carbocycles. The number of nitrogens with zero attached hydrogens (tertiary/aromatic N) is 1. The number of phosphoric acid groups is 1. The number of carbonyl (C=O) groups is 1. The number of hydrogen-bond donors (Lipinski definition) is 0. The summed E-state index contributed by atoms with van der Waals surface area (Å²) < 4.78 is 34.6. The third kappa shape index (κ3) is 46.6. The van der Waals surface area contributed by atoms with Crippen LogP contribution >= 0.6 is 7.82 Å². The van der Waals surface area contributed by atoms with Gasteiger partial charge in [0.25, 0.3) is 7.82 Å². The maximum atomic E-state index is 12.7. The summed E-state index contributed by atoms with van der Waals surface area (Å²) >= 11 is 0. The molecule has 2 atom stereocenters. The molecule has 0 aromatic heterocycles. The van der Waals surface area contributed by atoms with E-state index in [0.717, 1.165) is 77.0 Å². The predicted molar refractivity (Wildman–Crippen MR) is 249 cm³/mol. The van der Waals surface area contributed by atoms with E-state index in [1.54, 1.807) is 0 Å². The average molecular weight is 846 g/mol. The van der Waals surface area contributed by atoms with Crippen molar-refractivity contribution in [3.05, 3.63) is 85.1 Å². The lowest BCUT2D eigenvalue weighted by Crippen LogP contribution is -2.37. The van der Waals surface area contributed by atoms with Gasteiger partial charge in [0, 0.05) is 13.0 Å². The van der Waals surface area contributed by atoms with E-state index in [9.17, 15) is 14.3 Å². The summed E-state index contributed by atoms with van der Waals surface area (Å²) in [4.78, 5) is 25.1. The summed E-state index contributed by atoms with van der Waals surface area (Å²) in [6, 6.07) is 0. The predicted octanol–water partition coefficient (Wildman–Crippen LogP) is 13.4. The number of phosphoric ester groups is 1. The first-order chi connectivity index (χ1) is 28.6. The number of ether oxygens (including phenoxy) is 2. The van der Waals surface area contributed by atoms with Crippen LogP contribution in [0, 0.1) is 0 Å². The molecular formula is C50H88NO7P. The van der Waals surface area contributed by atoms with Gasteiger partial charge in [0.2, 0.25) is 0 Å². The zero-order chi connectivity index (χ0) is 43.4. The zero-order valence-electron chi connectivity index (χ0n) is 38.4. The van der Waals surface area contributed by atoms with Gasteiger partial charge in [0.1, 0.15) is 19.3 Å². The van der Waals surface area contributed by atoms with E-state index in [4.69, 9.17) is 18.5 Å². The third-order valence-corrected chi connectivity index (χ3v) is 10.4. The molecule has 0 saturated heterocycles. The van der Waals surface area contributed by atoms with Crippen LogP contribution in [0.15, 0.2) is 85.1 Å². The molecule has 0 spiro atoms. The van der Waals surface area contributed by atoms with Crippen molar-refractivity contribution in [2.45, 2.75) is 174 Å². The van der Waals surface area contributed by atoms with Crippen LogP contribution in [0.3, 0.4) is 0 Å². The Morgan fingerprint density at radius 2 is 0.983 bits per heavy atom. The van der Waals surface area contributed by atoms with E-state index in [0.29, 0.717) is 24.1 Å². The van der Waals surface area contributed by atoms with Gasteiger partial charge in [-0.2, -0.15) is 0 Å². The molecule has 9 heteroatoms. The molecule has 0 N–H and O–H groups in total. The summed E-state index contributed by atoms with van der Waals surface area (Å²) in [6.07, 6.45) is 56.1. The van der Waals surface area contributed by atoms with Crippen molar-refractivity contribution in [3.63, 3.8) is 0 Å². The number of likely N-dealkylation sites (N-methyl/N-ethyl adjacent to an activating group) is 1. The largest absolute Gasteiger partial charge is 0.756 e. The van der Waals surface area contributed by atoms with Crippen molar-refractivity contribution >= 4 is 13.8 Å². The van der Waals surface area contributed by atoms with Crippen LogP contribution in [0.1, 0.15) is 168 Å². The maximum absolute atomic E-state index is 12.7. The zero-order valence-corrected chi connectivity index (χ0v) is 39.3. The Hall–Kier alpha value is -2.32. The second-order valence-electron chi connectivity index (χ2n) is 16.4. The number of esters is 1. The van der Waals surface area contributed by atoms with Gasteiger partial charge in [-0.3, -0.25) is 9.36 Å². The fraction of sp³-hybridized carbons (Fsp3) is 0.700. The number of quaternary nitrogens is 1. The molecule has 0 aliphatic carbocycles. The van der Waals surface area contributed by atoms with Crippen LogP contribution in [0.25, 0.3) is 0 Å². The Bertz CT molecular complexity index is 1210. The minimum Gasteiger partial charge on any atom is -0.756 e. The molecule has 0 saturated carbocycles. The molecule has 8 nitrogen and oxygen atoms in total. The molecular weight excluding hydrogens is 758 g/mol. The second kappa shape index (κ2) is 42.4. The number of allylic oxidation sites excluding steroid dienone is 14. The molecule has 0 aliphatic heterocycles. The molecule has 0 fully saturated rings. The first-order valence-electron chi connectivity index (χ1n) is 23.3. The van der Waals surface area contributed by atoms with Crippen LogP contribution in [0.4, 0.5) is 0 Å². The van der Waals surface area contributed by atoms with Crippen molar-refractivity contribution in [3.8, 4) is 0 Å². The van der Waals surface area contributed by atoms with Crippen LogP contribution in [-0.4, -0.2) is 70.7 Å². The Labute approximate surface area is 363 Å². The Morgan fingerprint density at radius 3 is 1.47 bits per heavy atom. The number of hydrogen-bond acceptors (Lipinski definition) is 7. The molecule has 0 bridgehead atoms. The molecule has 340 valence electrons. The highest BCUT2D eigenvalue weighted by Crippen LogP contribution is 2.38. The molecule has 0 heterocycles. The lowest BCUT2D eigenvalue weighted by molar-refractivity contribution is -0.870. The van der Waals surface area contributed by atoms with Crippen molar-refractivity contribution in [2.75, 3.05) is 54.1 Å². The SMILES string of the molecule is CC/C=C\C/C=C\C/C=C\C/C=C\CCCCC(=O)OC(COCCCCCCCCC/C=C\C/C=C\C/C=C\CCCCCCC)COP(=O)([O-])OCC[N+](C)(C)C. The number of carbonyl (C=O) groups excluding carboxylic acids is 1. The highest BCUT2D eigenvalue weighted by molar-refractivity contribution is 7.45. The first-order valence-corrected chi connectivity index (χ1v) is 24.8. The minimum atomic E-state index is -4.55. The van der Waals surface area contributed by atoms with Crippen LogP contribution < -0.4 is 4.89 Å². The fourth-order valence-electron chi connectivity index (χ4n) is 5.84. The monoisotopic (exact) mass is 846 g/mol. The van der Waals surface area contributed by atoms with Gasteiger partial charge in [-0.25, -0.2) is 0 Å². The topological polar surface area (TPSA) is 94.1 Å². The van der Waals surface area contributed by atoms with Gasteiger partial charge < -0.3 is 27.9 Å². The lowest BCUT2D eigenvalue weighted by Gasteiger charge is -2.28. The summed E-state index contributed by atoms with van der Waals surface area (Å²) in [5.74, 6) is -0.381. The van der Waals surface area contributed by atoms with Crippen LogP contribution in [0.5, 0.6) is 0 Å². The standard InChI is InChI=1S/C50H88NO7P/c1-6-8-10-12-14-16-18-20-22-23-24-25-26-27-28-30-32-34-36-38-40-42-45-55-47-49(48-57-59(53,54)56-46-44-51(3,4)5)58-50(52)43-41-39-37-35-33-31-29-21-19-17-15-13-11-9-7-2/h9,11,15,17-18,20-21,23-24,26-27,29,33,35,49H,6-8,10,12-14,16,19,22,25,28,30-32,34,36-48H2,1-5H3/b11-9-,17-15-,20-18-,24-23-,27-26-,29-21-,35-33-. The average Bonchev–Trinajstić information content (AvgIpc) is 3.19. The second-order valence-corrected chi connectivity index (χ2v) is 17.8. The van der Waals surface area contributed by atoms with Gasteiger partial charge in [-0.05, 0) is 89.9 Å². The summed E-state index contributed by atoms with van der Waals surface area (Å²) in [5.41, 5.74) is 0. The Kier molecular flexibility index (Phi) is 40.7. The highest BCUT2D eigenvalue weighted by Gasteiger charge is 2.20. The smallest absolute Gasteiger partial charge is 0.306 e. The first kappa shape index (κ1) is 56.7. The molecule has 0 aliphatic rings. The Morgan fingerprint density at radius 1 is 0.542 bits per heavy atom. The van der Waals surface area contributed by atoms with Crippen molar-refractivity contribution in [1.82, 2.24) is 0 Å². The fourth-order valence-corrected chi connectivity index (χ4v) is 6.57. The van der Waals surface area contributed by atoms with Gasteiger partial charge in [0.05, 0.1) is 34.4 Å². The molecule has 59 heavy (non-hydrogen) atoms. The molecule has 0 amide bonds. The quantitative estimate of drug-likeness (QED) is 0.0199. The highest BCUT2D eigenvalue weighted by atomic mass is 31.2. The van der Waals surface area contributed by atoms with E-state index in [2.05, 4.69) is 98.9 Å². The number of unbranched alkanes of at least 4 members (excludes halogenated alkanes) is 14. The maximum Gasteiger partial charge on any atom is 0.306 e. The molecule has 0 aromatic rings. The molecule has 0 radical (unpaired) electrons. The van der Waals surface area contributed by atoms with Gasteiger partial charge >= 0.3 is 5.97 Å². The van der Waals surface area contributed by atoms with Crippen molar-refractivity contribution in [1.29, 1.82) is 0 Å². The van der Waals surface area contributed by atoms with E-state index < -0.39 is 13.9 Å². The van der Waals surface area contributed by atoms with E-state index >= 15 is 0 Å². The lowest BCUT2D eigenvalue weighted by atomic mass is 10.1. The van der Waals surface area contributed by atoms with Gasteiger partial charge in [-0.1, -0.05) is 157 Å². The van der Waals surface area contributed by atoms with Crippen LogP contribution in [0.2, 0.25) is 0 Å². The molecule has 2 unspecified atom stereocenters. The van der Waals surface area contributed by atoms with E-state index in [1.165, 1.54) is 64.2 Å². The summed E-state index contributed by atoms with van der Waals surface area (Å²) in [5, 5.41) is 0. The summed E-state index contributed by atoms with van der Waals surface area (Å²) in [7, 11) is 1.31. The molecule has 0 rings (SSSR count). The van der Waals surface area contributed by atoms with Crippen molar-refractivity contribution in [2.24, 2.45) is 0 Å². The van der Waals surface area contributed by atoms with Crippen LogP contribution in [-0.2, 0) is 27.9 Å². The number of rotatable bonds is 42.